The third-order valence-electron chi connectivity index (χ3n) is 1.63. The largest absolute Gasteiger partial charge is 0.394 e. The van der Waals surface area contributed by atoms with Crippen LogP contribution in [-0.2, 0) is 6.54 Å². The van der Waals surface area contributed by atoms with Gasteiger partial charge in [0.25, 0.3) is 0 Å². The zero-order valence-electron chi connectivity index (χ0n) is 7.46. The van der Waals surface area contributed by atoms with Crippen molar-refractivity contribution >= 4 is 0 Å². The van der Waals surface area contributed by atoms with Gasteiger partial charge in [0.1, 0.15) is 0 Å². The molecule has 6 nitrogen and oxygen atoms in total. The third-order valence-corrected chi connectivity index (χ3v) is 1.63. The molecule has 74 valence electrons. The standard InChI is InChI=1S/C7H14N4O2/c1-5(8)7-3-11(10-9-7)2-6(13)4-12/h3,5-6,12-13H,2,4,8H2,1H3. The van der Waals surface area contributed by atoms with Gasteiger partial charge in [0, 0.05) is 6.04 Å². The Morgan fingerprint density at radius 2 is 2.38 bits per heavy atom. The lowest BCUT2D eigenvalue weighted by atomic mass is 10.3. The Balaban J connectivity index is 2.58. The van der Waals surface area contributed by atoms with E-state index in [0.29, 0.717) is 5.69 Å². The van der Waals surface area contributed by atoms with Gasteiger partial charge in [0.05, 0.1) is 31.1 Å². The van der Waals surface area contributed by atoms with Crippen LogP contribution in [0.5, 0.6) is 0 Å². The highest BCUT2D eigenvalue weighted by molar-refractivity contribution is 4.97. The van der Waals surface area contributed by atoms with E-state index in [2.05, 4.69) is 10.3 Å². The molecule has 1 aromatic rings. The van der Waals surface area contributed by atoms with Crippen LogP contribution in [-0.4, -0.2) is 37.9 Å². The van der Waals surface area contributed by atoms with Gasteiger partial charge in [-0.05, 0) is 6.92 Å². The summed E-state index contributed by atoms with van der Waals surface area (Å²) in [6.07, 6.45) is 0.853. The minimum Gasteiger partial charge on any atom is -0.394 e. The van der Waals surface area contributed by atoms with Crippen LogP contribution in [0.25, 0.3) is 0 Å². The van der Waals surface area contributed by atoms with E-state index in [1.54, 1.807) is 13.1 Å². The van der Waals surface area contributed by atoms with Gasteiger partial charge in [0.2, 0.25) is 0 Å². The van der Waals surface area contributed by atoms with Crippen molar-refractivity contribution in [3.63, 3.8) is 0 Å². The SMILES string of the molecule is CC(N)c1cn(CC(O)CO)nn1. The first-order valence-electron chi connectivity index (χ1n) is 4.08. The van der Waals surface area contributed by atoms with Crippen molar-refractivity contribution < 1.29 is 10.2 Å². The topological polar surface area (TPSA) is 97.2 Å². The summed E-state index contributed by atoms with van der Waals surface area (Å²) in [6.45, 7) is 1.75. The van der Waals surface area contributed by atoms with Crippen LogP contribution in [0, 0.1) is 0 Å². The van der Waals surface area contributed by atoms with Gasteiger partial charge in [-0.2, -0.15) is 0 Å². The lowest BCUT2D eigenvalue weighted by molar-refractivity contribution is 0.0778. The number of nitrogens with two attached hydrogens (primary N) is 1. The first kappa shape index (κ1) is 10.1. The normalized spacial score (nSPS) is 15.7. The van der Waals surface area contributed by atoms with Crippen LogP contribution in [0.15, 0.2) is 6.20 Å². The summed E-state index contributed by atoms with van der Waals surface area (Å²) in [7, 11) is 0. The van der Waals surface area contributed by atoms with E-state index in [1.807, 2.05) is 0 Å². The predicted octanol–water partition coefficient (Wildman–Crippen LogP) is -1.35. The molecular weight excluding hydrogens is 172 g/mol. The Hall–Kier alpha value is -0.980. The molecule has 0 saturated carbocycles. The summed E-state index contributed by atoms with van der Waals surface area (Å²) in [5.74, 6) is 0. The average Bonchev–Trinajstić information content (AvgIpc) is 2.52. The molecule has 1 heterocycles. The lowest BCUT2D eigenvalue weighted by Gasteiger charge is -2.05. The smallest absolute Gasteiger partial charge is 0.0991 e. The van der Waals surface area contributed by atoms with Crippen LogP contribution in [0.1, 0.15) is 18.7 Å². The lowest BCUT2D eigenvalue weighted by Crippen LogP contribution is -2.20. The molecule has 2 unspecified atom stereocenters. The summed E-state index contributed by atoms with van der Waals surface area (Å²) < 4.78 is 1.46. The molecule has 0 saturated heterocycles. The Morgan fingerprint density at radius 3 is 2.85 bits per heavy atom. The third kappa shape index (κ3) is 2.76. The second-order valence-electron chi connectivity index (χ2n) is 2.99. The van der Waals surface area contributed by atoms with Gasteiger partial charge in [-0.3, -0.25) is 0 Å². The number of aliphatic hydroxyl groups is 2. The number of rotatable bonds is 4. The fourth-order valence-electron chi connectivity index (χ4n) is 0.885. The first-order chi connectivity index (χ1) is 6.13. The molecule has 6 heteroatoms. The Labute approximate surface area is 76.0 Å². The molecule has 2 atom stereocenters. The fourth-order valence-corrected chi connectivity index (χ4v) is 0.885. The average molecular weight is 186 g/mol. The Morgan fingerprint density at radius 1 is 1.69 bits per heavy atom. The minimum absolute atomic E-state index is 0.167. The molecule has 0 bridgehead atoms. The summed E-state index contributed by atoms with van der Waals surface area (Å²) in [5, 5.41) is 25.2. The maximum atomic E-state index is 9.09. The van der Waals surface area contributed by atoms with Crippen LogP contribution in [0.2, 0.25) is 0 Å². The summed E-state index contributed by atoms with van der Waals surface area (Å²) >= 11 is 0. The summed E-state index contributed by atoms with van der Waals surface area (Å²) in [6, 6.07) is -0.167. The van der Waals surface area contributed by atoms with Crippen LogP contribution < -0.4 is 5.73 Å². The Bertz CT molecular complexity index is 261. The summed E-state index contributed by atoms with van der Waals surface area (Å²) in [4.78, 5) is 0. The molecule has 0 spiro atoms. The van der Waals surface area contributed by atoms with Gasteiger partial charge in [0.15, 0.2) is 0 Å². The van der Waals surface area contributed by atoms with Gasteiger partial charge in [-0.1, -0.05) is 5.21 Å². The van der Waals surface area contributed by atoms with Gasteiger partial charge < -0.3 is 15.9 Å². The molecule has 1 rings (SSSR count). The van der Waals surface area contributed by atoms with Crippen LogP contribution >= 0.6 is 0 Å². The van der Waals surface area contributed by atoms with E-state index >= 15 is 0 Å². The molecule has 1 aromatic heterocycles. The number of hydrogen-bond acceptors (Lipinski definition) is 5. The molecule has 0 aliphatic rings. The monoisotopic (exact) mass is 186 g/mol. The quantitative estimate of drug-likeness (QED) is 0.540. The zero-order chi connectivity index (χ0) is 9.84. The maximum absolute atomic E-state index is 9.09. The van der Waals surface area contributed by atoms with E-state index in [0.717, 1.165) is 0 Å². The van der Waals surface area contributed by atoms with Crippen molar-refractivity contribution in [3.8, 4) is 0 Å². The van der Waals surface area contributed by atoms with E-state index < -0.39 is 6.10 Å². The summed E-state index contributed by atoms with van der Waals surface area (Å²) in [5.41, 5.74) is 6.23. The van der Waals surface area contributed by atoms with E-state index in [4.69, 9.17) is 15.9 Å². The van der Waals surface area contributed by atoms with E-state index in [1.165, 1.54) is 4.68 Å². The first-order valence-corrected chi connectivity index (χ1v) is 4.08. The van der Waals surface area contributed by atoms with Crippen molar-refractivity contribution in [1.29, 1.82) is 0 Å². The van der Waals surface area contributed by atoms with Crippen LogP contribution in [0.3, 0.4) is 0 Å². The van der Waals surface area contributed by atoms with Crippen molar-refractivity contribution in [1.82, 2.24) is 15.0 Å². The second kappa shape index (κ2) is 4.31. The minimum atomic E-state index is -0.803. The van der Waals surface area contributed by atoms with Gasteiger partial charge in [-0.25, -0.2) is 4.68 Å². The zero-order valence-corrected chi connectivity index (χ0v) is 7.46. The molecule has 4 N–H and O–H groups in total. The molecule has 0 aliphatic carbocycles. The van der Waals surface area contributed by atoms with Crippen molar-refractivity contribution in [2.24, 2.45) is 5.73 Å². The molecule has 13 heavy (non-hydrogen) atoms. The van der Waals surface area contributed by atoms with Crippen LogP contribution in [0.4, 0.5) is 0 Å². The van der Waals surface area contributed by atoms with Crippen molar-refractivity contribution in [2.45, 2.75) is 25.6 Å². The number of aromatic nitrogens is 3. The van der Waals surface area contributed by atoms with E-state index in [-0.39, 0.29) is 19.2 Å². The van der Waals surface area contributed by atoms with E-state index in [9.17, 15) is 0 Å². The fraction of sp³-hybridized carbons (Fsp3) is 0.714. The molecule has 0 amide bonds. The molecule has 0 fully saturated rings. The molecule has 0 aliphatic heterocycles. The number of aliphatic hydroxyl groups excluding tert-OH is 2. The second-order valence-corrected chi connectivity index (χ2v) is 2.99. The van der Waals surface area contributed by atoms with Gasteiger partial charge >= 0.3 is 0 Å². The highest BCUT2D eigenvalue weighted by atomic mass is 16.3. The highest BCUT2D eigenvalue weighted by Gasteiger charge is 2.08. The molecular formula is C7H14N4O2. The molecule has 0 radical (unpaired) electrons. The maximum Gasteiger partial charge on any atom is 0.0991 e. The Kier molecular flexibility index (Phi) is 3.35. The van der Waals surface area contributed by atoms with Crippen molar-refractivity contribution in [2.75, 3.05) is 6.61 Å². The number of nitrogens with zero attached hydrogens (tertiary/aromatic N) is 3. The molecule has 0 aromatic carbocycles. The number of hydrogen-bond donors (Lipinski definition) is 3. The van der Waals surface area contributed by atoms with Crippen molar-refractivity contribution in [3.05, 3.63) is 11.9 Å². The highest BCUT2D eigenvalue weighted by Crippen LogP contribution is 2.03. The predicted molar refractivity (Wildman–Crippen MR) is 45.7 cm³/mol. The van der Waals surface area contributed by atoms with Gasteiger partial charge in [-0.15, -0.1) is 5.10 Å².